The number of nitrogens with zero attached hydrogens (tertiary/aromatic N) is 2. The van der Waals surface area contributed by atoms with Crippen molar-refractivity contribution < 1.29 is 19.0 Å². The van der Waals surface area contributed by atoms with Crippen molar-refractivity contribution in [2.24, 2.45) is 5.10 Å². The highest BCUT2D eigenvalue weighted by atomic mass is 16.5. The Balaban J connectivity index is 1.83. The van der Waals surface area contributed by atoms with Crippen LogP contribution in [0.3, 0.4) is 0 Å². The summed E-state index contributed by atoms with van der Waals surface area (Å²) < 4.78 is 15.8. The van der Waals surface area contributed by atoms with Gasteiger partial charge >= 0.3 is 0 Å². The van der Waals surface area contributed by atoms with Crippen LogP contribution in [0.4, 0.5) is 0 Å². The van der Waals surface area contributed by atoms with Crippen LogP contribution in [0.1, 0.15) is 22.3 Å². The highest BCUT2D eigenvalue weighted by molar-refractivity contribution is 6.04. The fourth-order valence-corrected chi connectivity index (χ4v) is 2.73. The van der Waals surface area contributed by atoms with Crippen molar-refractivity contribution in [1.82, 2.24) is 5.01 Å². The summed E-state index contributed by atoms with van der Waals surface area (Å²) in [6.45, 7) is 0.541. The molecule has 0 N–H and O–H groups in total. The maximum Gasteiger partial charge on any atom is 0.274 e. The molecule has 0 aromatic heterocycles. The molecule has 2 aromatic rings. The van der Waals surface area contributed by atoms with Gasteiger partial charge in [0.15, 0.2) is 11.5 Å². The molecule has 0 aliphatic carbocycles. The quantitative estimate of drug-likeness (QED) is 0.840. The summed E-state index contributed by atoms with van der Waals surface area (Å²) in [5, 5.41) is 5.97. The molecule has 130 valence electrons. The Labute approximate surface area is 146 Å². The zero-order chi connectivity index (χ0) is 17.8. The van der Waals surface area contributed by atoms with Gasteiger partial charge in [-0.05, 0) is 36.4 Å². The number of carbonyl (C=O) groups is 1. The number of carbonyl (C=O) groups excluding carboxylic acids is 1. The first-order chi connectivity index (χ1) is 12.2. The van der Waals surface area contributed by atoms with Gasteiger partial charge in [0.1, 0.15) is 5.75 Å². The molecule has 0 saturated heterocycles. The second kappa shape index (κ2) is 7.25. The van der Waals surface area contributed by atoms with E-state index in [1.165, 1.54) is 5.01 Å². The first-order valence-corrected chi connectivity index (χ1v) is 7.92. The number of methoxy groups -OCH3 is 3. The van der Waals surface area contributed by atoms with Crippen molar-refractivity contribution in [1.29, 1.82) is 0 Å². The molecule has 0 radical (unpaired) electrons. The normalized spacial score (nSPS) is 13.4. The molecule has 0 unspecified atom stereocenters. The van der Waals surface area contributed by atoms with Gasteiger partial charge in [-0.25, -0.2) is 5.01 Å². The van der Waals surface area contributed by atoms with Crippen LogP contribution in [0.5, 0.6) is 17.2 Å². The van der Waals surface area contributed by atoms with E-state index in [0.29, 0.717) is 35.8 Å². The van der Waals surface area contributed by atoms with Crippen molar-refractivity contribution in [3.63, 3.8) is 0 Å². The lowest BCUT2D eigenvalue weighted by Crippen LogP contribution is -2.23. The van der Waals surface area contributed by atoms with Crippen molar-refractivity contribution in [2.45, 2.75) is 6.42 Å². The van der Waals surface area contributed by atoms with Crippen molar-refractivity contribution in [3.05, 3.63) is 53.6 Å². The largest absolute Gasteiger partial charge is 0.497 e. The molecule has 1 aliphatic heterocycles. The molecule has 3 rings (SSSR count). The summed E-state index contributed by atoms with van der Waals surface area (Å²) in [6, 6.07) is 12.7. The molecule has 6 nitrogen and oxygen atoms in total. The van der Waals surface area contributed by atoms with Gasteiger partial charge in [0.05, 0.1) is 33.6 Å². The highest BCUT2D eigenvalue weighted by Crippen LogP contribution is 2.29. The summed E-state index contributed by atoms with van der Waals surface area (Å²) in [5.74, 6) is 1.80. The Bertz CT molecular complexity index is 817. The predicted octanol–water partition coefficient (Wildman–Crippen LogP) is 2.96. The van der Waals surface area contributed by atoms with E-state index >= 15 is 0 Å². The second-order valence-electron chi connectivity index (χ2n) is 5.53. The summed E-state index contributed by atoms with van der Waals surface area (Å²) in [5.41, 5.74) is 2.31. The molecule has 0 bridgehead atoms. The first-order valence-electron chi connectivity index (χ1n) is 7.92. The number of rotatable bonds is 5. The molecule has 1 aliphatic rings. The molecule has 0 spiro atoms. The summed E-state index contributed by atoms with van der Waals surface area (Å²) >= 11 is 0. The van der Waals surface area contributed by atoms with Crippen LogP contribution in [0.15, 0.2) is 47.6 Å². The highest BCUT2D eigenvalue weighted by Gasteiger charge is 2.23. The standard InChI is InChI=1S/C19H20N2O4/c1-23-15-6-4-5-14(11-15)19(22)21-10-9-16(20-21)13-7-8-17(24-2)18(12-13)25-3/h4-8,11-12H,9-10H2,1-3H3. The molecule has 0 saturated carbocycles. The van der Waals surface area contributed by atoms with E-state index in [1.54, 1.807) is 45.6 Å². The number of hydrogen-bond acceptors (Lipinski definition) is 5. The van der Waals surface area contributed by atoms with Crippen LogP contribution in [0.2, 0.25) is 0 Å². The fraction of sp³-hybridized carbons (Fsp3) is 0.263. The third-order valence-electron chi connectivity index (χ3n) is 4.07. The molecular formula is C19H20N2O4. The van der Waals surface area contributed by atoms with Gasteiger partial charge in [0, 0.05) is 17.5 Å². The molecule has 6 heteroatoms. The maximum atomic E-state index is 12.6. The predicted molar refractivity (Wildman–Crippen MR) is 94.7 cm³/mol. The topological polar surface area (TPSA) is 60.4 Å². The van der Waals surface area contributed by atoms with Gasteiger partial charge in [-0.1, -0.05) is 6.07 Å². The molecule has 1 amide bonds. The number of benzene rings is 2. The van der Waals surface area contributed by atoms with Gasteiger partial charge in [0.2, 0.25) is 0 Å². The van der Waals surface area contributed by atoms with Gasteiger partial charge in [0.25, 0.3) is 5.91 Å². The lowest BCUT2D eigenvalue weighted by Gasteiger charge is -2.12. The van der Waals surface area contributed by atoms with E-state index in [1.807, 2.05) is 18.2 Å². The summed E-state index contributed by atoms with van der Waals surface area (Å²) in [7, 11) is 4.77. The number of hydrazone groups is 1. The number of ether oxygens (including phenoxy) is 3. The molecule has 0 atom stereocenters. The van der Waals surface area contributed by atoms with E-state index in [9.17, 15) is 4.79 Å². The van der Waals surface area contributed by atoms with Crippen LogP contribution in [0, 0.1) is 0 Å². The lowest BCUT2D eigenvalue weighted by atomic mass is 10.1. The van der Waals surface area contributed by atoms with E-state index in [4.69, 9.17) is 14.2 Å². The van der Waals surface area contributed by atoms with E-state index < -0.39 is 0 Å². The lowest BCUT2D eigenvalue weighted by molar-refractivity contribution is 0.0778. The monoisotopic (exact) mass is 340 g/mol. The molecule has 25 heavy (non-hydrogen) atoms. The minimum absolute atomic E-state index is 0.144. The molecule has 0 fully saturated rings. The maximum absolute atomic E-state index is 12.6. The van der Waals surface area contributed by atoms with Gasteiger partial charge in [-0.2, -0.15) is 5.10 Å². The zero-order valence-corrected chi connectivity index (χ0v) is 14.5. The number of hydrogen-bond donors (Lipinski definition) is 0. The zero-order valence-electron chi connectivity index (χ0n) is 14.5. The molecule has 2 aromatic carbocycles. The van der Waals surface area contributed by atoms with Gasteiger partial charge in [-0.15, -0.1) is 0 Å². The Morgan fingerprint density at radius 3 is 2.52 bits per heavy atom. The van der Waals surface area contributed by atoms with Crippen LogP contribution in [-0.2, 0) is 0 Å². The third kappa shape index (κ3) is 3.42. The van der Waals surface area contributed by atoms with Gasteiger partial charge in [-0.3, -0.25) is 4.79 Å². The van der Waals surface area contributed by atoms with Crippen molar-refractivity contribution >= 4 is 11.6 Å². The van der Waals surface area contributed by atoms with Gasteiger partial charge < -0.3 is 14.2 Å². The average Bonchev–Trinajstić information content (AvgIpc) is 3.17. The fourth-order valence-electron chi connectivity index (χ4n) is 2.73. The van der Waals surface area contributed by atoms with E-state index in [-0.39, 0.29) is 5.91 Å². The van der Waals surface area contributed by atoms with Crippen LogP contribution in [-0.4, -0.2) is 44.5 Å². The smallest absolute Gasteiger partial charge is 0.274 e. The van der Waals surface area contributed by atoms with Crippen LogP contribution < -0.4 is 14.2 Å². The number of amides is 1. The summed E-state index contributed by atoms with van der Waals surface area (Å²) in [4.78, 5) is 12.6. The average molecular weight is 340 g/mol. The summed E-state index contributed by atoms with van der Waals surface area (Å²) in [6.07, 6.45) is 0.686. The first kappa shape index (κ1) is 16.8. The minimum Gasteiger partial charge on any atom is -0.497 e. The Morgan fingerprint density at radius 1 is 1.00 bits per heavy atom. The van der Waals surface area contributed by atoms with E-state index in [2.05, 4.69) is 5.10 Å². The second-order valence-corrected chi connectivity index (χ2v) is 5.53. The molecular weight excluding hydrogens is 320 g/mol. The third-order valence-corrected chi connectivity index (χ3v) is 4.07. The van der Waals surface area contributed by atoms with Crippen LogP contribution >= 0.6 is 0 Å². The van der Waals surface area contributed by atoms with E-state index in [0.717, 1.165) is 11.3 Å². The van der Waals surface area contributed by atoms with Crippen molar-refractivity contribution in [3.8, 4) is 17.2 Å². The minimum atomic E-state index is -0.144. The Morgan fingerprint density at radius 2 is 1.80 bits per heavy atom. The van der Waals surface area contributed by atoms with Crippen LogP contribution in [0.25, 0.3) is 0 Å². The Kier molecular flexibility index (Phi) is 4.88. The van der Waals surface area contributed by atoms with Crippen molar-refractivity contribution in [2.75, 3.05) is 27.9 Å². The molecule has 1 heterocycles. The Hall–Kier alpha value is -3.02. The SMILES string of the molecule is COc1cccc(C(=O)N2CCC(c3ccc(OC)c(OC)c3)=N2)c1.